The van der Waals surface area contributed by atoms with Crippen LogP contribution in [0.4, 0.5) is 5.69 Å². The molecule has 1 aromatic carbocycles. The number of anilines is 1. The van der Waals surface area contributed by atoms with E-state index in [-0.39, 0.29) is 10.3 Å². The van der Waals surface area contributed by atoms with Crippen molar-refractivity contribution in [1.82, 2.24) is 0 Å². The lowest BCUT2D eigenvalue weighted by Crippen LogP contribution is -2.24. The van der Waals surface area contributed by atoms with E-state index >= 15 is 0 Å². The molecule has 18 heavy (non-hydrogen) atoms. The molecule has 0 aliphatic carbocycles. The number of hydrogen-bond donors (Lipinski definition) is 2. The first kappa shape index (κ1) is 15.0. The number of rotatable bonds is 4. The third kappa shape index (κ3) is 4.31. The summed E-state index contributed by atoms with van der Waals surface area (Å²) in [4.78, 5) is 0.136. The Hall–Kier alpha value is -1.07. The van der Waals surface area contributed by atoms with Crippen LogP contribution in [0.5, 0.6) is 0 Å². The van der Waals surface area contributed by atoms with Gasteiger partial charge in [0, 0.05) is 12.2 Å². The zero-order valence-electron chi connectivity index (χ0n) is 11.4. The number of hydrogen-bond acceptors (Lipinski definition) is 3. The number of nitrogens with two attached hydrogens (primary N) is 1. The van der Waals surface area contributed by atoms with E-state index in [4.69, 9.17) is 5.14 Å². The van der Waals surface area contributed by atoms with Gasteiger partial charge in [0.1, 0.15) is 0 Å². The molecule has 1 unspecified atom stereocenters. The highest BCUT2D eigenvalue weighted by molar-refractivity contribution is 7.89. The van der Waals surface area contributed by atoms with Crippen molar-refractivity contribution in [2.45, 2.75) is 32.6 Å². The van der Waals surface area contributed by atoms with Gasteiger partial charge in [-0.05, 0) is 35.6 Å². The normalized spacial score (nSPS) is 14.3. The largest absolute Gasteiger partial charge is 0.385 e. The molecule has 0 bridgehead atoms. The molecular weight excluding hydrogens is 248 g/mol. The van der Waals surface area contributed by atoms with Gasteiger partial charge in [-0.15, -0.1) is 0 Å². The first-order chi connectivity index (χ1) is 8.10. The summed E-state index contributed by atoms with van der Waals surface area (Å²) in [5.74, 6) is 0.510. The van der Waals surface area contributed by atoms with Gasteiger partial charge in [-0.2, -0.15) is 0 Å². The third-order valence-corrected chi connectivity index (χ3v) is 4.20. The molecule has 0 aliphatic heterocycles. The topological polar surface area (TPSA) is 72.2 Å². The summed E-state index contributed by atoms with van der Waals surface area (Å²) in [6.45, 7) is 9.63. The summed E-state index contributed by atoms with van der Waals surface area (Å²) < 4.78 is 22.2. The Kier molecular flexibility index (Phi) is 4.40. The molecule has 0 saturated heterocycles. The van der Waals surface area contributed by atoms with E-state index in [9.17, 15) is 8.42 Å². The van der Waals surface area contributed by atoms with Crippen molar-refractivity contribution in [1.29, 1.82) is 0 Å². The van der Waals surface area contributed by atoms with Crippen molar-refractivity contribution in [3.05, 3.63) is 24.3 Å². The van der Waals surface area contributed by atoms with E-state index < -0.39 is 10.0 Å². The highest BCUT2D eigenvalue weighted by Crippen LogP contribution is 2.25. The minimum Gasteiger partial charge on any atom is -0.385 e. The number of primary sulfonamides is 1. The van der Waals surface area contributed by atoms with Gasteiger partial charge in [0.2, 0.25) is 10.0 Å². The molecule has 0 spiro atoms. The Bertz CT molecular complexity index is 487. The van der Waals surface area contributed by atoms with Crippen molar-refractivity contribution in [2.24, 2.45) is 16.5 Å². The van der Waals surface area contributed by atoms with Crippen molar-refractivity contribution >= 4 is 15.7 Å². The van der Waals surface area contributed by atoms with Crippen LogP contribution >= 0.6 is 0 Å². The zero-order chi connectivity index (χ0) is 14.0. The maximum Gasteiger partial charge on any atom is 0.238 e. The monoisotopic (exact) mass is 270 g/mol. The smallest absolute Gasteiger partial charge is 0.238 e. The molecule has 0 aliphatic rings. The van der Waals surface area contributed by atoms with Crippen molar-refractivity contribution in [3.63, 3.8) is 0 Å². The van der Waals surface area contributed by atoms with Crippen LogP contribution in [-0.4, -0.2) is 15.0 Å². The van der Waals surface area contributed by atoms with Crippen LogP contribution in [-0.2, 0) is 10.0 Å². The average molecular weight is 270 g/mol. The molecule has 3 N–H and O–H groups in total. The summed E-state index contributed by atoms with van der Waals surface area (Å²) in [6, 6.07) is 6.49. The molecule has 5 heteroatoms. The minimum atomic E-state index is -3.60. The van der Waals surface area contributed by atoms with Crippen molar-refractivity contribution in [2.75, 3.05) is 11.9 Å². The third-order valence-electron chi connectivity index (χ3n) is 3.27. The standard InChI is InChI=1S/C13H22N2O2S/c1-10(13(2,3)4)9-15-11-5-7-12(8-6-11)18(14,16)17/h5-8,10,15H,9H2,1-4H3,(H2,14,16,17). The molecule has 1 aromatic rings. The molecule has 0 fully saturated rings. The number of sulfonamides is 1. The van der Waals surface area contributed by atoms with E-state index in [2.05, 4.69) is 33.0 Å². The van der Waals surface area contributed by atoms with Crippen LogP contribution in [0.3, 0.4) is 0 Å². The highest BCUT2D eigenvalue weighted by Gasteiger charge is 2.19. The van der Waals surface area contributed by atoms with Crippen LogP contribution in [0.25, 0.3) is 0 Å². The van der Waals surface area contributed by atoms with Crippen LogP contribution in [0.2, 0.25) is 0 Å². The summed E-state index contributed by atoms with van der Waals surface area (Å²) in [5, 5.41) is 8.33. The molecule has 0 aromatic heterocycles. The van der Waals surface area contributed by atoms with E-state index in [1.165, 1.54) is 12.1 Å². The zero-order valence-corrected chi connectivity index (χ0v) is 12.2. The second kappa shape index (κ2) is 5.28. The Morgan fingerprint density at radius 2 is 1.72 bits per heavy atom. The second-order valence-corrected chi connectivity index (χ2v) is 7.28. The Morgan fingerprint density at radius 1 is 1.22 bits per heavy atom. The van der Waals surface area contributed by atoms with Crippen LogP contribution in [0.1, 0.15) is 27.7 Å². The maximum atomic E-state index is 11.1. The van der Waals surface area contributed by atoms with Gasteiger partial charge in [-0.1, -0.05) is 27.7 Å². The van der Waals surface area contributed by atoms with E-state index in [0.29, 0.717) is 5.92 Å². The average Bonchev–Trinajstić information content (AvgIpc) is 2.24. The first-order valence-corrected chi connectivity index (χ1v) is 7.52. The molecule has 0 radical (unpaired) electrons. The van der Waals surface area contributed by atoms with E-state index in [0.717, 1.165) is 12.2 Å². The van der Waals surface area contributed by atoms with Gasteiger partial charge in [0.05, 0.1) is 4.90 Å². The Labute approximate surface area is 110 Å². The second-order valence-electron chi connectivity index (χ2n) is 5.72. The van der Waals surface area contributed by atoms with Crippen LogP contribution < -0.4 is 10.5 Å². The molecule has 4 nitrogen and oxygen atoms in total. The predicted octanol–water partition coefficient (Wildman–Crippen LogP) is 2.43. The Morgan fingerprint density at radius 3 is 2.11 bits per heavy atom. The molecule has 1 atom stereocenters. The van der Waals surface area contributed by atoms with E-state index in [1.54, 1.807) is 12.1 Å². The lowest BCUT2D eigenvalue weighted by atomic mass is 9.82. The summed E-state index contributed by atoms with van der Waals surface area (Å²) in [6.07, 6.45) is 0. The number of nitrogens with one attached hydrogen (secondary N) is 1. The highest BCUT2D eigenvalue weighted by atomic mass is 32.2. The lowest BCUT2D eigenvalue weighted by molar-refractivity contribution is 0.274. The van der Waals surface area contributed by atoms with Gasteiger partial charge in [-0.3, -0.25) is 0 Å². The fourth-order valence-electron chi connectivity index (χ4n) is 1.34. The molecule has 0 saturated carbocycles. The SMILES string of the molecule is CC(CNc1ccc(S(N)(=O)=O)cc1)C(C)(C)C. The molecule has 1 rings (SSSR count). The summed E-state index contributed by atoms with van der Waals surface area (Å²) in [5.41, 5.74) is 1.14. The molecule has 0 heterocycles. The summed E-state index contributed by atoms with van der Waals surface area (Å²) in [7, 11) is -3.60. The fourth-order valence-corrected chi connectivity index (χ4v) is 1.86. The summed E-state index contributed by atoms with van der Waals surface area (Å²) >= 11 is 0. The maximum absolute atomic E-state index is 11.1. The van der Waals surface area contributed by atoms with Crippen LogP contribution in [0.15, 0.2) is 29.2 Å². The van der Waals surface area contributed by atoms with Crippen molar-refractivity contribution < 1.29 is 8.42 Å². The van der Waals surface area contributed by atoms with E-state index in [1.807, 2.05) is 0 Å². The predicted molar refractivity (Wildman–Crippen MR) is 74.9 cm³/mol. The molecule has 102 valence electrons. The van der Waals surface area contributed by atoms with Gasteiger partial charge in [0.15, 0.2) is 0 Å². The quantitative estimate of drug-likeness (QED) is 0.882. The molecular formula is C13H22N2O2S. The molecule has 0 amide bonds. The Balaban J connectivity index is 2.66. The van der Waals surface area contributed by atoms with Gasteiger partial charge in [-0.25, -0.2) is 13.6 Å². The number of benzene rings is 1. The van der Waals surface area contributed by atoms with Crippen molar-refractivity contribution in [3.8, 4) is 0 Å². The van der Waals surface area contributed by atoms with Gasteiger partial charge < -0.3 is 5.32 Å². The first-order valence-electron chi connectivity index (χ1n) is 5.97. The van der Waals surface area contributed by atoms with Crippen LogP contribution in [0, 0.1) is 11.3 Å². The van der Waals surface area contributed by atoms with Gasteiger partial charge in [0.25, 0.3) is 0 Å². The fraction of sp³-hybridized carbons (Fsp3) is 0.538. The lowest BCUT2D eigenvalue weighted by Gasteiger charge is -2.27. The minimum absolute atomic E-state index is 0.136. The van der Waals surface area contributed by atoms with Gasteiger partial charge >= 0.3 is 0 Å².